The Morgan fingerprint density at radius 1 is 1.35 bits per heavy atom. The fourth-order valence-electron chi connectivity index (χ4n) is 2.08. The predicted molar refractivity (Wildman–Crippen MR) is 73.7 cm³/mol. The zero-order chi connectivity index (χ0) is 12.3. The van der Waals surface area contributed by atoms with Crippen molar-refractivity contribution in [3.05, 3.63) is 34.9 Å². The van der Waals surface area contributed by atoms with E-state index in [1.807, 2.05) is 29.2 Å². The maximum absolute atomic E-state index is 12.1. The third kappa shape index (κ3) is 3.23. The minimum absolute atomic E-state index is 0.166. The molecule has 4 heteroatoms. The van der Waals surface area contributed by atoms with Crippen molar-refractivity contribution in [2.24, 2.45) is 0 Å². The normalized spacial score (nSPS) is 17.2. The van der Waals surface area contributed by atoms with Gasteiger partial charge in [0, 0.05) is 18.1 Å². The highest BCUT2D eigenvalue weighted by Crippen LogP contribution is 2.21. The number of benzene rings is 1. The van der Waals surface area contributed by atoms with Crippen molar-refractivity contribution in [1.29, 1.82) is 0 Å². The highest BCUT2D eigenvalue weighted by molar-refractivity contribution is 9.10. The van der Waals surface area contributed by atoms with Crippen LogP contribution in [0.25, 0.3) is 0 Å². The Morgan fingerprint density at radius 2 is 2.00 bits per heavy atom. The van der Waals surface area contributed by atoms with E-state index in [-0.39, 0.29) is 10.7 Å². The molecule has 1 atom stereocenters. The molecule has 1 amide bonds. The van der Waals surface area contributed by atoms with Gasteiger partial charge in [0.15, 0.2) is 0 Å². The van der Waals surface area contributed by atoms with E-state index in [2.05, 4.69) is 15.9 Å². The first-order valence-electron chi connectivity index (χ1n) is 5.85. The molecular formula is C13H15BrClNO. The lowest BCUT2D eigenvalue weighted by molar-refractivity contribution is -0.129. The van der Waals surface area contributed by atoms with Gasteiger partial charge in [-0.05, 0) is 30.9 Å². The zero-order valence-corrected chi connectivity index (χ0v) is 11.9. The molecule has 0 N–H and O–H groups in total. The Hall–Kier alpha value is -0.540. The minimum Gasteiger partial charge on any atom is -0.342 e. The molecule has 2 nitrogen and oxygen atoms in total. The van der Waals surface area contributed by atoms with Crippen molar-refractivity contribution in [2.75, 3.05) is 13.1 Å². The average molecular weight is 317 g/mol. The van der Waals surface area contributed by atoms with Crippen LogP contribution in [0, 0.1) is 0 Å². The maximum atomic E-state index is 12.1. The SMILES string of the molecule is O=C(C(Br)Cc1ccccc1Cl)N1CCCC1. The summed E-state index contributed by atoms with van der Waals surface area (Å²) in [5.41, 5.74) is 1.02. The van der Waals surface area contributed by atoms with E-state index in [4.69, 9.17) is 11.6 Å². The fourth-order valence-corrected chi connectivity index (χ4v) is 2.93. The Morgan fingerprint density at radius 3 is 2.65 bits per heavy atom. The van der Waals surface area contributed by atoms with Gasteiger partial charge in [0.2, 0.25) is 5.91 Å². The van der Waals surface area contributed by atoms with Gasteiger partial charge in [0.05, 0.1) is 4.83 Å². The van der Waals surface area contributed by atoms with E-state index in [1.165, 1.54) is 0 Å². The summed E-state index contributed by atoms with van der Waals surface area (Å²) in [6.07, 6.45) is 2.89. The van der Waals surface area contributed by atoms with Crippen LogP contribution < -0.4 is 0 Å². The molecule has 1 aliphatic rings. The van der Waals surface area contributed by atoms with Crippen LogP contribution in [0.15, 0.2) is 24.3 Å². The highest BCUT2D eigenvalue weighted by atomic mass is 79.9. The van der Waals surface area contributed by atoms with Crippen LogP contribution in [0.1, 0.15) is 18.4 Å². The molecule has 1 heterocycles. The topological polar surface area (TPSA) is 20.3 Å². The Bertz CT molecular complexity index is 404. The number of carbonyl (C=O) groups is 1. The minimum atomic E-state index is -0.166. The number of alkyl halides is 1. The summed E-state index contributed by atoms with van der Waals surface area (Å²) < 4.78 is 0. The highest BCUT2D eigenvalue weighted by Gasteiger charge is 2.24. The standard InChI is InChI=1S/C13H15BrClNO/c14-11(13(17)16-7-3-4-8-16)9-10-5-1-2-6-12(10)15/h1-2,5-6,11H,3-4,7-9H2. The number of hydrogen-bond acceptors (Lipinski definition) is 1. The molecule has 1 aromatic carbocycles. The molecule has 1 aromatic rings. The van der Waals surface area contributed by atoms with Crippen molar-refractivity contribution >= 4 is 33.4 Å². The van der Waals surface area contributed by atoms with E-state index in [1.54, 1.807) is 0 Å². The van der Waals surface area contributed by atoms with Gasteiger partial charge in [-0.3, -0.25) is 4.79 Å². The molecule has 1 aliphatic heterocycles. The first-order valence-corrected chi connectivity index (χ1v) is 7.14. The number of amides is 1. The lowest BCUT2D eigenvalue weighted by Crippen LogP contribution is -2.35. The van der Waals surface area contributed by atoms with E-state index in [0.29, 0.717) is 6.42 Å². The van der Waals surface area contributed by atoms with Crippen LogP contribution in [0.3, 0.4) is 0 Å². The van der Waals surface area contributed by atoms with E-state index >= 15 is 0 Å². The molecular weight excluding hydrogens is 302 g/mol. The van der Waals surface area contributed by atoms with Gasteiger partial charge in [0.25, 0.3) is 0 Å². The smallest absolute Gasteiger partial charge is 0.236 e. The Kier molecular flexibility index (Phi) is 4.46. The molecule has 92 valence electrons. The van der Waals surface area contributed by atoms with Gasteiger partial charge in [-0.1, -0.05) is 45.7 Å². The molecule has 0 aliphatic carbocycles. The summed E-state index contributed by atoms with van der Waals surface area (Å²) in [7, 11) is 0. The lowest BCUT2D eigenvalue weighted by atomic mass is 10.1. The van der Waals surface area contributed by atoms with Gasteiger partial charge in [0.1, 0.15) is 0 Å². The summed E-state index contributed by atoms with van der Waals surface area (Å²) in [5, 5.41) is 0.728. The zero-order valence-electron chi connectivity index (χ0n) is 9.53. The number of carbonyl (C=O) groups excluding carboxylic acids is 1. The third-order valence-corrected chi connectivity index (χ3v) is 4.13. The van der Waals surface area contributed by atoms with Gasteiger partial charge < -0.3 is 4.90 Å². The Labute approximate surface area is 115 Å². The molecule has 17 heavy (non-hydrogen) atoms. The predicted octanol–water partition coefficient (Wildman–Crippen LogP) is 3.27. The molecule has 1 saturated heterocycles. The lowest BCUT2D eigenvalue weighted by Gasteiger charge is -2.19. The van der Waals surface area contributed by atoms with Gasteiger partial charge in [-0.2, -0.15) is 0 Å². The van der Waals surface area contributed by atoms with E-state index in [0.717, 1.165) is 36.5 Å². The van der Waals surface area contributed by atoms with Crippen LogP contribution in [-0.2, 0) is 11.2 Å². The van der Waals surface area contributed by atoms with Crippen molar-refractivity contribution in [2.45, 2.75) is 24.1 Å². The molecule has 0 radical (unpaired) electrons. The quantitative estimate of drug-likeness (QED) is 0.784. The summed E-state index contributed by atoms with van der Waals surface area (Å²) >= 11 is 9.56. The third-order valence-electron chi connectivity index (χ3n) is 3.04. The maximum Gasteiger partial charge on any atom is 0.236 e. The molecule has 1 fully saturated rings. The van der Waals surface area contributed by atoms with Crippen molar-refractivity contribution < 1.29 is 4.79 Å². The second-order valence-corrected chi connectivity index (χ2v) is 5.81. The van der Waals surface area contributed by atoms with Crippen LogP contribution in [-0.4, -0.2) is 28.7 Å². The van der Waals surface area contributed by atoms with Crippen LogP contribution in [0.4, 0.5) is 0 Å². The fraction of sp³-hybridized carbons (Fsp3) is 0.462. The summed E-state index contributed by atoms with van der Waals surface area (Å²) in [5.74, 6) is 0.183. The second-order valence-electron chi connectivity index (χ2n) is 4.30. The molecule has 0 spiro atoms. The average Bonchev–Trinajstić information content (AvgIpc) is 2.84. The monoisotopic (exact) mass is 315 g/mol. The summed E-state index contributed by atoms with van der Waals surface area (Å²) in [6.45, 7) is 1.78. The summed E-state index contributed by atoms with van der Waals surface area (Å²) in [6, 6.07) is 7.67. The number of hydrogen-bond donors (Lipinski definition) is 0. The first-order chi connectivity index (χ1) is 8.18. The Balaban J connectivity index is 1.99. The molecule has 0 saturated carbocycles. The largest absolute Gasteiger partial charge is 0.342 e. The van der Waals surface area contributed by atoms with E-state index in [9.17, 15) is 4.79 Å². The molecule has 0 aromatic heterocycles. The summed E-state index contributed by atoms with van der Waals surface area (Å²) in [4.78, 5) is 13.9. The molecule has 2 rings (SSSR count). The van der Waals surface area contributed by atoms with Crippen molar-refractivity contribution in [1.82, 2.24) is 4.90 Å². The van der Waals surface area contributed by atoms with Crippen molar-refractivity contribution in [3.8, 4) is 0 Å². The van der Waals surface area contributed by atoms with Crippen LogP contribution in [0.2, 0.25) is 5.02 Å². The number of rotatable bonds is 3. The number of likely N-dealkylation sites (tertiary alicyclic amines) is 1. The van der Waals surface area contributed by atoms with Gasteiger partial charge >= 0.3 is 0 Å². The molecule has 0 bridgehead atoms. The van der Waals surface area contributed by atoms with Crippen LogP contribution in [0.5, 0.6) is 0 Å². The van der Waals surface area contributed by atoms with Crippen LogP contribution >= 0.6 is 27.5 Å². The van der Waals surface area contributed by atoms with Crippen molar-refractivity contribution in [3.63, 3.8) is 0 Å². The second kappa shape index (κ2) is 5.87. The van der Waals surface area contributed by atoms with E-state index < -0.39 is 0 Å². The number of nitrogens with zero attached hydrogens (tertiary/aromatic N) is 1. The first kappa shape index (κ1) is 12.9. The van der Waals surface area contributed by atoms with Gasteiger partial charge in [-0.25, -0.2) is 0 Å². The molecule has 1 unspecified atom stereocenters. The van der Waals surface area contributed by atoms with Gasteiger partial charge in [-0.15, -0.1) is 0 Å². The number of halogens is 2.